The third-order valence-electron chi connectivity index (χ3n) is 4.25. The van der Waals surface area contributed by atoms with Gasteiger partial charge < -0.3 is 4.52 Å². The van der Waals surface area contributed by atoms with E-state index in [1.54, 1.807) is 0 Å². The Morgan fingerprint density at radius 1 is 1.04 bits per heavy atom. The van der Waals surface area contributed by atoms with Crippen LogP contribution in [0.3, 0.4) is 0 Å². The fourth-order valence-corrected chi connectivity index (χ4v) is 2.80. The van der Waals surface area contributed by atoms with E-state index in [1.807, 2.05) is 35.0 Å². The maximum absolute atomic E-state index is 5.43. The van der Waals surface area contributed by atoms with Crippen LogP contribution in [-0.4, -0.2) is 25.1 Å². The molecule has 6 heteroatoms. The number of rotatable bonds is 4. The van der Waals surface area contributed by atoms with Crippen LogP contribution in [0.15, 0.2) is 47.0 Å². The number of nitrogens with zero attached hydrogens (tertiary/aromatic N) is 5. The van der Waals surface area contributed by atoms with Gasteiger partial charge in [0, 0.05) is 17.2 Å². The molecular weight excluding hydrogens is 314 g/mol. The Labute approximate surface area is 145 Å². The second-order valence-electron chi connectivity index (χ2n) is 6.30. The van der Waals surface area contributed by atoms with Gasteiger partial charge in [0.05, 0.1) is 5.52 Å². The smallest absolute Gasteiger partial charge is 0.258 e. The van der Waals surface area contributed by atoms with E-state index in [9.17, 15) is 0 Å². The van der Waals surface area contributed by atoms with Gasteiger partial charge in [-0.2, -0.15) is 4.98 Å². The molecular formula is C19H19N5O. The monoisotopic (exact) mass is 333 g/mol. The Morgan fingerprint density at radius 2 is 1.80 bits per heavy atom. The van der Waals surface area contributed by atoms with E-state index < -0.39 is 0 Å². The number of aromatic nitrogens is 5. The standard InChI is InChI=1S/C19H19N5O/c1-4-13-5-7-14(8-6-13)19-20-18(22-25-19)15-9-10-17-16(11-15)21-23-24(17)12(2)3/h5-12H,4H2,1-3H3. The first-order valence-electron chi connectivity index (χ1n) is 8.44. The van der Waals surface area contributed by atoms with Crippen molar-refractivity contribution in [1.29, 1.82) is 0 Å². The van der Waals surface area contributed by atoms with Crippen molar-refractivity contribution in [3.8, 4) is 22.8 Å². The molecule has 25 heavy (non-hydrogen) atoms. The molecule has 6 nitrogen and oxygen atoms in total. The van der Waals surface area contributed by atoms with Gasteiger partial charge in [-0.1, -0.05) is 29.4 Å². The van der Waals surface area contributed by atoms with Gasteiger partial charge in [0.2, 0.25) is 5.82 Å². The van der Waals surface area contributed by atoms with Gasteiger partial charge >= 0.3 is 0 Å². The minimum Gasteiger partial charge on any atom is -0.334 e. The maximum atomic E-state index is 5.43. The SMILES string of the molecule is CCc1ccc(-c2nc(-c3ccc4c(c3)nnn4C(C)C)no2)cc1. The van der Waals surface area contributed by atoms with Gasteiger partial charge in [-0.3, -0.25) is 0 Å². The molecule has 2 aromatic heterocycles. The van der Waals surface area contributed by atoms with Crippen molar-refractivity contribution >= 4 is 11.0 Å². The van der Waals surface area contributed by atoms with E-state index in [-0.39, 0.29) is 6.04 Å². The quantitative estimate of drug-likeness (QED) is 0.557. The average molecular weight is 333 g/mol. The summed E-state index contributed by atoms with van der Waals surface area (Å²) in [6.45, 7) is 6.29. The second-order valence-corrected chi connectivity index (χ2v) is 6.30. The van der Waals surface area contributed by atoms with Crippen LogP contribution in [0.25, 0.3) is 33.9 Å². The van der Waals surface area contributed by atoms with Crippen molar-refractivity contribution in [2.75, 3.05) is 0 Å². The largest absolute Gasteiger partial charge is 0.334 e. The lowest BCUT2D eigenvalue weighted by Crippen LogP contribution is -2.02. The van der Waals surface area contributed by atoms with Crippen LogP contribution in [0.2, 0.25) is 0 Å². The molecule has 4 rings (SSSR count). The van der Waals surface area contributed by atoms with Crippen molar-refractivity contribution in [2.45, 2.75) is 33.2 Å². The van der Waals surface area contributed by atoms with Crippen LogP contribution >= 0.6 is 0 Å². The molecule has 0 aliphatic heterocycles. The highest BCUT2D eigenvalue weighted by Crippen LogP contribution is 2.25. The predicted molar refractivity (Wildman–Crippen MR) is 96.0 cm³/mol. The summed E-state index contributed by atoms with van der Waals surface area (Å²) in [5, 5.41) is 12.6. The van der Waals surface area contributed by atoms with Crippen LogP contribution < -0.4 is 0 Å². The van der Waals surface area contributed by atoms with Gasteiger partial charge in [0.15, 0.2) is 0 Å². The molecule has 0 aliphatic carbocycles. The molecule has 0 fully saturated rings. The summed E-state index contributed by atoms with van der Waals surface area (Å²) >= 11 is 0. The first-order valence-corrected chi connectivity index (χ1v) is 8.44. The van der Waals surface area contributed by atoms with E-state index in [1.165, 1.54) is 5.56 Å². The van der Waals surface area contributed by atoms with E-state index in [0.717, 1.165) is 28.6 Å². The van der Waals surface area contributed by atoms with Crippen LogP contribution in [0.4, 0.5) is 0 Å². The molecule has 0 radical (unpaired) electrons. The summed E-state index contributed by atoms with van der Waals surface area (Å²) < 4.78 is 7.33. The van der Waals surface area contributed by atoms with E-state index in [4.69, 9.17) is 4.52 Å². The molecule has 0 amide bonds. The molecule has 0 bridgehead atoms. The van der Waals surface area contributed by atoms with Crippen LogP contribution in [0.1, 0.15) is 32.4 Å². The van der Waals surface area contributed by atoms with Crippen molar-refractivity contribution in [1.82, 2.24) is 25.1 Å². The third-order valence-corrected chi connectivity index (χ3v) is 4.25. The average Bonchev–Trinajstić information content (AvgIpc) is 3.28. The summed E-state index contributed by atoms with van der Waals surface area (Å²) in [5.41, 5.74) is 4.89. The number of benzene rings is 2. The lowest BCUT2D eigenvalue weighted by atomic mass is 10.1. The zero-order valence-corrected chi connectivity index (χ0v) is 14.5. The summed E-state index contributed by atoms with van der Waals surface area (Å²) in [7, 11) is 0. The maximum Gasteiger partial charge on any atom is 0.258 e. The summed E-state index contributed by atoms with van der Waals surface area (Å²) in [5.74, 6) is 1.07. The van der Waals surface area contributed by atoms with Gasteiger partial charge in [-0.25, -0.2) is 4.68 Å². The highest BCUT2D eigenvalue weighted by atomic mass is 16.5. The third kappa shape index (κ3) is 2.80. The zero-order valence-electron chi connectivity index (χ0n) is 14.5. The summed E-state index contributed by atoms with van der Waals surface area (Å²) in [4.78, 5) is 4.52. The van der Waals surface area contributed by atoms with Gasteiger partial charge in [0.1, 0.15) is 5.52 Å². The van der Waals surface area contributed by atoms with Crippen molar-refractivity contribution in [3.63, 3.8) is 0 Å². The van der Waals surface area contributed by atoms with Gasteiger partial charge in [-0.15, -0.1) is 5.10 Å². The summed E-state index contributed by atoms with van der Waals surface area (Å²) in [6.07, 6.45) is 1.01. The minimum atomic E-state index is 0.263. The molecule has 0 unspecified atom stereocenters. The van der Waals surface area contributed by atoms with E-state index in [0.29, 0.717) is 11.7 Å². The van der Waals surface area contributed by atoms with E-state index >= 15 is 0 Å². The van der Waals surface area contributed by atoms with Crippen LogP contribution in [-0.2, 0) is 6.42 Å². The first-order chi connectivity index (χ1) is 12.2. The molecule has 126 valence electrons. The second kappa shape index (κ2) is 6.12. The van der Waals surface area contributed by atoms with Crippen LogP contribution in [0, 0.1) is 0 Å². The lowest BCUT2D eigenvalue weighted by Gasteiger charge is -2.04. The van der Waals surface area contributed by atoms with Gasteiger partial charge in [0.25, 0.3) is 5.89 Å². The predicted octanol–water partition coefficient (Wildman–Crippen LogP) is 4.29. The molecule has 0 N–H and O–H groups in total. The molecule has 0 spiro atoms. The Bertz CT molecular complexity index is 1010. The molecule has 0 saturated heterocycles. The zero-order chi connectivity index (χ0) is 17.4. The molecule has 2 aromatic carbocycles. The first kappa shape index (κ1) is 15.5. The number of hydrogen-bond donors (Lipinski definition) is 0. The highest BCUT2D eigenvalue weighted by Gasteiger charge is 2.13. The summed E-state index contributed by atoms with van der Waals surface area (Å²) in [6, 6.07) is 14.3. The molecule has 4 aromatic rings. The minimum absolute atomic E-state index is 0.263. The number of fused-ring (bicyclic) bond motifs is 1. The Hall–Kier alpha value is -3.02. The molecule has 0 saturated carbocycles. The Balaban J connectivity index is 1.68. The van der Waals surface area contributed by atoms with Gasteiger partial charge in [-0.05, 0) is 56.2 Å². The molecule has 2 heterocycles. The van der Waals surface area contributed by atoms with E-state index in [2.05, 4.69) is 53.4 Å². The molecule has 0 atom stereocenters. The Kier molecular flexibility index (Phi) is 3.80. The number of aryl methyl sites for hydroxylation is 1. The van der Waals surface area contributed by atoms with Crippen molar-refractivity contribution < 1.29 is 4.52 Å². The fraction of sp³-hybridized carbons (Fsp3) is 0.263. The van der Waals surface area contributed by atoms with Crippen LogP contribution in [0.5, 0.6) is 0 Å². The molecule has 0 aliphatic rings. The fourth-order valence-electron chi connectivity index (χ4n) is 2.80. The van der Waals surface area contributed by atoms with Crippen molar-refractivity contribution in [2.24, 2.45) is 0 Å². The highest BCUT2D eigenvalue weighted by molar-refractivity contribution is 5.80. The Morgan fingerprint density at radius 3 is 2.52 bits per heavy atom. The lowest BCUT2D eigenvalue weighted by molar-refractivity contribution is 0.432. The number of hydrogen-bond acceptors (Lipinski definition) is 5. The normalized spacial score (nSPS) is 11.5. The van der Waals surface area contributed by atoms with Crippen molar-refractivity contribution in [3.05, 3.63) is 48.0 Å². The topological polar surface area (TPSA) is 69.6 Å².